The van der Waals surface area contributed by atoms with E-state index in [9.17, 15) is 14.0 Å². The minimum Gasteiger partial charge on any atom is -0.337 e. The molecule has 0 saturated carbocycles. The van der Waals surface area contributed by atoms with E-state index < -0.39 is 17.5 Å². The van der Waals surface area contributed by atoms with Crippen molar-refractivity contribution < 1.29 is 18.4 Å². The van der Waals surface area contributed by atoms with E-state index >= 15 is 4.39 Å². The monoisotopic (exact) mass is 593 g/mol. The number of rotatable bonds is 9. The Labute approximate surface area is 246 Å². The quantitative estimate of drug-likeness (QED) is 0.168. The lowest BCUT2D eigenvalue weighted by Gasteiger charge is -2.22. The van der Waals surface area contributed by atoms with Gasteiger partial charge in [-0.15, -0.1) is 0 Å². The molecule has 220 valence electrons. The number of carbonyl (C=O) groups excluding carboxylic acids is 2. The summed E-state index contributed by atoms with van der Waals surface area (Å²) in [6, 6.07) is 10.3. The molecule has 0 unspecified atom stereocenters. The summed E-state index contributed by atoms with van der Waals surface area (Å²) in [4.78, 5) is 29.1. The summed E-state index contributed by atoms with van der Waals surface area (Å²) in [6.45, 7) is 7.52. The van der Waals surface area contributed by atoms with Gasteiger partial charge >= 0.3 is 0 Å². The molecule has 9 nitrogen and oxygen atoms in total. The second kappa shape index (κ2) is 12.9. The van der Waals surface area contributed by atoms with Crippen molar-refractivity contribution in [1.82, 2.24) is 19.9 Å². The fourth-order valence-corrected chi connectivity index (χ4v) is 5.79. The molecule has 1 saturated heterocycles. The number of fused-ring (bicyclic) bond motifs is 1. The third kappa shape index (κ3) is 6.71. The number of nitrogens with one attached hydrogen (secondary N) is 4. The molecule has 4 aromatic rings. The van der Waals surface area contributed by atoms with Gasteiger partial charge in [-0.3, -0.25) is 9.59 Å². The van der Waals surface area contributed by atoms with Gasteiger partial charge in [0.1, 0.15) is 10.8 Å². The standard InChI is InChI=1S/C30H33F2N7O2S/c1-4-25(40)35-20-7-5-18(6-8-20)29(41)37-22-14-19(31)13-21(15-22)36-28-26(32)30(42-23-9-11-33-12-10-23)38-27-24(17(2)3)16-34-39(27)28/h5-8,13-17,23,33,36H,4,9-12H2,1-3H3,(H,35,40)(H,37,41). The van der Waals surface area contributed by atoms with Crippen LogP contribution in [0, 0.1) is 11.6 Å². The van der Waals surface area contributed by atoms with Gasteiger partial charge in [0.05, 0.1) is 6.20 Å². The SMILES string of the molecule is CCC(=O)Nc1ccc(C(=O)Nc2cc(F)cc(Nc3c(F)c(SC4CCNCC4)nc4c(C(C)C)cnn34)c2)cc1. The Morgan fingerprint density at radius 3 is 2.45 bits per heavy atom. The first kappa shape index (κ1) is 29.5. The highest BCUT2D eigenvalue weighted by atomic mass is 32.2. The Morgan fingerprint density at radius 1 is 1.05 bits per heavy atom. The summed E-state index contributed by atoms with van der Waals surface area (Å²) in [5, 5.41) is 16.6. The molecule has 4 N–H and O–H groups in total. The van der Waals surface area contributed by atoms with Crippen LogP contribution in [0.5, 0.6) is 0 Å². The fourth-order valence-electron chi connectivity index (χ4n) is 4.66. The van der Waals surface area contributed by atoms with Gasteiger partial charge in [-0.05, 0) is 74.3 Å². The van der Waals surface area contributed by atoms with E-state index in [4.69, 9.17) is 0 Å². The van der Waals surface area contributed by atoms with Gasteiger partial charge in [0.15, 0.2) is 17.3 Å². The first-order valence-electron chi connectivity index (χ1n) is 13.9. The van der Waals surface area contributed by atoms with Crippen molar-refractivity contribution in [1.29, 1.82) is 0 Å². The summed E-state index contributed by atoms with van der Waals surface area (Å²) in [7, 11) is 0. The van der Waals surface area contributed by atoms with Crippen LogP contribution < -0.4 is 21.3 Å². The van der Waals surface area contributed by atoms with Crippen molar-refractivity contribution in [3.05, 3.63) is 71.4 Å². The lowest BCUT2D eigenvalue weighted by molar-refractivity contribution is -0.115. The number of hydrogen-bond donors (Lipinski definition) is 4. The van der Waals surface area contributed by atoms with E-state index in [1.165, 1.54) is 34.5 Å². The molecule has 5 rings (SSSR count). The van der Waals surface area contributed by atoms with Crippen LogP contribution in [0.4, 0.5) is 31.7 Å². The third-order valence-electron chi connectivity index (χ3n) is 6.94. The molecule has 0 bridgehead atoms. The zero-order valence-corrected chi connectivity index (χ0v) is 24.4. The van der Waals surface area contributed by atoms with Gasteiger partial charge in [-0.2, -0.15) is 14.0 Å². The number of anilines is 4. The molecular formula is C30H33F2N7O2S. The Bertz CT molecular complexity index is 1600. The molecule has 0 atom stereocenters. The molecule has 0 aliphatic carbocycles. The molecule has 42 heavy (non-hydrogen) atoms. The van der Waals surface area contributed by atoms with Gasteiger partial charge in [0.25, 0.3) is 5.91 Å². The molecular weight excluding hydrogens is 560 g/mol. The van der Waals surface area contributed by atoms with Gasteiger partial charge in [-0.25, -0.2) is 9.37 Å². The predicted octanol–water partition coefficient (Wildman–Crippen LogP) is 6.32. The maximum absolute atomic E-state index is 16.0. The number of thioether (sulfide) groups is 1. The van der Waals surface area contributed by atoms with Crippen molar-refractivity contribution in [2.75, 3.05) is 29.0 Å². The first-order chi connectivity index (χ1) is 20.2. The van der Waals surface area contributed by atoms with Gasteiger partial charge in [0, 0.05) is 39.9 Å². The van der Waals surface area contributed by atoms with Crippen molar-refractivity contribution in [2.45, 2.75) is 56.2 Å². The summed E-state index contributed by atoms with van der Waals surface area (Å²) < 4.78 is 32.1. The number of piperidine rings is 1. The molecule has 1 fully saturated rings. The van der Waals surface area contributed by atoms with Crippen LogP contribution in [-0.4, -0.2) is 44.8 Å². The average molecular weight is 594 g/mol. The highest BCUT2D eigenvalue weighted by Gasteiger charge is 2.24. The second-order valence-electron chi connectivity index (χ2n) is 10.4. The highest BCUT2D eigenvalue weighted by molar-refractivity contribution is 7.99. The van der Waals surface area contributed by atoms with E-state index in [2.05, 4.69) is 31.3 Å². The minimum atomic E-state index is -0.619. The molecule has 3 heterocycles. The summed E-state index contributed by atoms with van der Waals surface area (Å²) >= 11 is 1.41. The fraction of sp³-hybridized carbons (Fsp3) is 0.333. The molecule has 0 spiro atoms. The van der Waals surface area contributed by atoms with Crippen LogP contribution in [0.25, 0.3) is 5.65 Å². The third-order valence-corrected chi connectivity index (χ3v) is 8.24. The van der Waals surface area contributed by atoms with Crippen molar-refractivity contribution in [3.63, 3.8) is 0 Å². The van der Waals surface area contributed by atoms with Crippen LogP contribution >= 0.6 is 11.8 Å². The lowest BCUT2D eigenvalue weighted by atomic mass is 10.1. The highest BCUT2D eigenvalue weighted by Crippen LogP contribution is 2.35. The number of benzene rings is 2. The molecule has 12 heteroatoms. The Hall–Kier alpha value is -4.03. The normalized spacial score (nSPS) is 13.9. The van der Waals surface area contributed by atoms with Gasteiger partial charge in [-0.1, -0.05) is 32.5 Å². The predicted molar refractivity (Wildman–Crippen MR) is 162 cm³/mol. The van der Waals surface area contributed by atoms with Crippen LogP contribution in [0.3, 0.4) is 0 Å². The first-order valence-corrected chi connectivity index (χ1v) is 14.8. The number of aromatic nitrogens is 3. The van der Waals surface area contributed by atoms with E-state index in [0.29, 0.717) is 23.3 Å². The summed E-state index contributed by atoms with van der Waals surface area (Å²) in [5.74, 6) is -1.65. The largest absolute Gasteiger partial charge is 0.337 e. The lowest BCUT2D eigenvalue weighted by Crippen LogP contribution is -2.29. The van der Waals surface area contributed by atoms with Crippen molar-refractivity contribution in [3.8, 4) is 0 Å². The van der Waals surface area contributed by atoms with Crippen LogP contribution in [-0.2, 0) is 4.79 Å². The molecule has 1 aliphatic heterocycles. The number of amides is 2. The Kier molecular flexibility index (Phi) is 9.03. The van der Waals surface area contributed by atoms with Crippen molar-refractivity contribution in [2.24, 2.45) is 0 Å². The summed E-state index contributed by atoms with van der Waals surface area (Å²) in [5.41, 5.74) is 2.71. The maximum atomic E-state index is 16.0. The average Bonchev–Trinajstić information content (AvgIpc) is 3.40. The molecule has 1 aliphatic rings. The topological polar surface area (TPSA) is 112 Å². The summed E-state index contributed by atoms with van der Waals surface area (Å²) in [6.07, 6.45) is 3.82. The maximum Gasteiger partial charge on any atom is 0.255 e. The number of carbonyl (C=O) groups is 2. The van der Waals surface area contributed by atoms with E-state index in [-0.39, 0.29) is 39.3 Å². The Morgan fingerprint density at radius 2 is 1.76 bits per heavy atom. The molecule has 0 radical (unpaired) electrons. The van der Waals surface area contributed by atoms with E-state index in [1.807, 2.05) is 13.8 Å². The molecule has 2 aromatic heterocycles. The van der Waals surface area contributed by atoms with Crippen LogP contribution in [0.2, 0.25) is 0 Å². The molecule has 2 aromatic carbocycles. The van der Waals surface area contributed by atoms with Crippen LogP contribution in [0.1, 0.15) is 61.9 Å². The van der Waals surface area contributed by atoms with Crippen LogP contribution in [0.15, 0.2) is 53.7 Å². The number of nitrogens with zero attached hydrogens (tertiary/aromatic N) is 3. The number of hydrogen-bond acceptors (Lipinski definition) is 7. The second-order valence-corrected chi connectivity index (χ2v) is 11.7. The smallest absolute Gasteiger partial charge is 0.255 e. The zero-order chi connectivity index (χ0) is 29.8. The zero-order valence-electron chi connectivity index (χ0n) is 23.6. The number of halogens is 2. The van der Waals surface area contributed by atoms with E-state index in [0.717, 1.165) is 31.5 Å². The van der Waals surface area contributed by atoms with Gasteiger partial charge < -0.3 is 21.3 Å². The Balaban J connectivity index is 1.42. The molecule has 2 amide bonds. The van der Waals surface area contributed by atoms with Crippen molar-refractivity contribution >= 4 is 52.1 Å². The minimum absolute atomic E-state index is 0.0379. The van der Waals surface area contributed by atoms with E-state index in [1.54, 1.807) is 37.4 Å². The van der Waals surface area contributed by atoms with Gasteiger partial charge in [0.2, 0.25) is 5.91 Å².